The van der Waals surface area contributed by atoms with E-state index in [0.29, 0.717) is 11.5 Å². The summed E-state index contributed by atoms with van der Waals surface area (Å²) in [5, 5.41) is -0.141. The molecule has 2 N–H and O–H groups in total. The molecule has 0 saturated heterocycles. The third kappa shape index (κ3) is 3.60. The summed E-state index contributed by atoms with van der Waals surface area (Å²) in [7, 11) is -1.25. The van der Waals surface area contributed by atoms with E-state index in [2.05, 4.69) is 4.98 Å². The van der Waals surface area contributed by atoms with Gasteiger partial charge >= 0.3 is 7.60 Å². The Hall–Kier alpha value is -1.96. The molecule has 0 atom stereocenters. The first-order valence-corrected chi connectivity index (χ1v) is 9.40. The highest BCUT2D eigenvalue weighted by Crippen LogP contribution is 2.51. The number of fused-ring (bicyclic) bond motifs is 1. The lowest BCUT2D eigenvalue weighted by Crippen LogP contribution is -2.22. The Morgan fingerprint density at radius 2 is 1.65 bits per heavy atom. The second kappa shape index (κ2) is 8.16. The second-order valence-electron chi connectivity index (χ2n) is 5.12. The van der Waals surface area contributed by atoms with Gasteiger partial charge in [-0.25, -0.2) is 13.8 Å². The molecule has 0 bridgehead atoms. The molecule has 0 aliphatic heterocycles. The average Bonchev–Trinajstić information content (AvgIpc) is 2.60. The number of ether oxygens (including phenoxy) is 2. The molecule has 0 spiro atoms. The van der Waals surface area contributed by atoms with E-state index in [0.717, 1.165) is 0 Å². The summed E-state index contributed by atoms with van der Waals surface area (Å²) >= 11 is 0. The first-order valence-electron chi connectivity index (χ1n) is 7.85. The highest BCUT2D eigenvalue weighted by atomic mass is 31.2. The average molecular weight is 390 g/mol. The van der Waals surface area contributed by atoms with Crippen LogP contribution < -0.4 is 20.5 Å². The van der Waals surface area contributed by atoms with Gasteiger partial charge in [0.05, 0.1) is 38.6 Å². The van der Waals surface area contributed by atoms with Crippen molar-refractivity contribution in [3.8, 4) is 11.5 Å². The van der Waals surface area contributed by atoms with Crippen molar-refractivity contribution in [2.45, 2.75) is 20.3 Å². The molecule has 7 nitrogen and oxygen atoms in total. The number of alkyl halides is 2. The van der Waals surface area contributed by atoms with Crippen LogP contribution in [0.1, 0.15) is 26.0 Å². The van der Waals surface area contributed by atoms with E-state index in [1.54, 1.807) is 13.8 Å². The van der Waals surface area contributed by atoms with Gasteiger partial charge in [-0.3, -0.25) is 4.57 Å². The number of benzene rings is 1. The van der Waals surface area contributed by atoms with Crippen molar-refractivity contribution in [2.24, 2.45) is 0 Å². The zero-order valence-corrected chi connectivity index (χ0v) is 15.8. The van der Waals surface area contributed by atoms with E-state index in [-0.39, 0.29) is 29.8 Å². The zero-order chi connectivity index (χ0) is 19.5. The Bertz CT molecular complexity index is 837. The third-order valence-electron chi connectivity index (χ3n) is 3.61. The van der Waals surface area contributed by atoms with Gasteiger partial charge in [0, 0.05) is 11.5 Å². The summed E-state index contributed by atoms with van der Waals surface area (Å²) in [6, 6.07) is 2.91. The quantitative estimate of drug-likeness (QED) is 0.688. The third-order valence-corrected chi connectivity index (χ3v) is 5.82. The van der Waals surface area contributed by atoms with Crippen molar-refractivity contribution in [1.29, 1.82) is 0 Å². The summed E-state index contributed by atoms with van der Waals surface area (Å²) in [5.41, 5.74) is 5.37. The fourth-order valence-electron chi connectivity index (χ4n) is 2.57. The molecule has 2 rings (SSSR count). The predicted octanol–water partition coefficient (Wildman–Crippen LogP) is 3.66. The van der Waals surface area contributed by atoms with Crippen LogP contribution >= 0.6 is 7.60 Å². The molecule has 0 unspecified atom stereocenters. The molecule has 0 aliphatic carbocycles. The lowest BCUT2D eigenvalue weighted by Gasteiger charge is -2.22. The molecule has 0 fully saturated rings. The highest BCUT2D eigenvalue weighted by molar-refractivity contribution is 7.62. The highest BCUT2D eigenvalue weighted by Gasteiger charge is 2.37. The van der Waals surface area contributed by atoms with Crippen LogP contribution in [0, 0.1) is 0 Å². The number of hydrogen-bond donors (Lipinski definition) is 1. The van der Waals surface area contributed by atoms with Crippen molar-refractivity contribution in [3.63, 3.8) is 0 Å². The van der Waals surface area contributed by atoms with Gasteiger partial charge in [0.25, 0.3) is 6.43 Å². The first kappa shape index (κ1) is 20.4. The molecule has 0 saturated carbocycles. The fraction of sp³-hybridized carbons (Fsp3) is 0.438. The van der Waals surface area contributed by atoms with Crippen LogP contribution in [0.25, 0.3) is 10.9 Å². The molecule has 1 aromatic heterocycles. The lowest BCUT2D eigenvalue weighted by atomic mass is 10.1. The Morgan fingerprint density at radius 3 is 2.12 bits per heavy atom. The Kier molecular flexibility index (Phi) is 6.39. The maximum Gasteiger partial charge on any atom is 0.365 e. The molecule has 26 heavy (non-hydrogen) atoms. The van der Waals surface area contributed by atoms with Crippen LogP contribution in [-0.2, 0) is 13.6 Å². The molecular formula is C16H21F2N2O5P. The molecular weight excluding hydrogens is 369 g/mol. The molecule has 0 aliphatic rings. The fourth-order valence-corrected chi connectivity index (χ4v) is 4.43. The van der Waals surface area contributed by atoms with Crippen LogP contribution in [0.4, 0.5) is 14.5 Å². The van der Waals surface area contributed by atoms with Gasteiger partial charge < -0.3 is 24.3 Å². The van der Waals surface area contributed by atoms with Crippen molar-refractivity contribution in [2.75, 3.05) is 33.2 Å². The van der Waals surface area contributed by atoms with E-state index in [9.17, 15) is 13.3 Å². The summed E-state index contributed by atoms with van der Waals surface area (Å²) in [6.07, 6.45) is -3.03. The number of nitrogens with zero attached hydrogens (tertiary/aromatic N) is 1. The SMILES string of the molecule is CCOP(=O)(OCC)c1c(C(F)F)nc2cc(OC)c(OC)cc2c1N. The largest absolute Gasteiger partial charge is 0.493 e. The summed E-state index contributed by atoms with van der Waals surface area (Å²) < 4.78 is 61.2. The van der Waals surface area contributed by atoms with Gasteiger partial charge in [-0.2, -0.15) is 0 Å². The second-order valence-corrected chi connectivity index (χ2v) is 7.08. The Morgan fingerprint density at radius 1 is 1.12 bits per heavy atom. The molecule has 0 radical (unpaired) electrons. The van der Waals surface area contributed by atoms with Crippen molar-refractivity contribution >= 4 is 29.5 Å². The molecule has 0 amide bonds. The standard InChI is InChI=1S/C16H21F2N2O5P/c1-5-24-26(21,25-6-2)15-13(19)9-7-11(22-3)12(23-4)8-10(9)20-14(15)16(17)18/h7-8,16H,5-6H2,1-4H3,(H2,19,20). The monoisotopic (exact) mass is 390 g/mol. The van der Waals surface area contributed by atoms with E-state index < -0.39 is 25.0 Å². The van der Waals surface area contributed by atoms with Crippen molar-refractivity contribution in [3.05, 3.63) is 17.8 Å². The predicted molar refractivity (Wildman–Crippen MR) is 94.7 cm³/mol. The number of rotatable bonds is 8. The first-order chi connectivity index (χ1) is 12.3. The molecule has 2 aromatic rings. The number of nitrogens with two attached hydrogens (primary N) is 1. The summed E-state index contributed by atoms with van der Waals surface area (Å²) in [6.45, 7) is 3.13. The van der Waals surface area contributed by atoms with Gasteiger partial charge in [-0.1, -0.05) is 0 Å². The lowest BCUT2D eigenvalue weighted by molar-refractivity contribution is 0.146. The minimum Gasteiger partial charge on any atom is -0.493 e. The number of methoxy groups -OCH3 is 2. The maximum atomic E-state index is 13.7. The van der Waals surface area contributed by atoms with E-state index in [4.69, 9.17) is 24.3 Å². The van der Waals surface area contributed by atoms with Crippen LogP contribution in [0.5, 0.6) is 11.5 Å². The van der Waals surface area contributed by atoms with Gasteiger partial charge in [0.2, 0.25) is 0 Å². The normalized spacial score (nSPS) is 12.0. The number of pyridine rings is 1. The van der Waals surface area contributed by atoms with E-state index in [1.165, 1.54) is 26.4 Å². The Labute approximate surface area is 149 Å². The number of aromatic nitrogens is 1. The van der Waals surface area contributed by atoms with Crippen molar-refractivity contribution in [1.82, 2.24) is 4.98 Å². The number of halogens is 2. The molecule has 1 aromatic carbocycles. The Balaban J connectivity index is 2.90. The number of anilines is 1. The minimum absolute atomic E-state index is 0.0105. The van der Waals surface area contributed by atoms with Crippen LogP contribution in [0.2, 0.25) is 0 Å². The summed E-state index contributed by atoms with van der Waals surface area (Å²) in [4.78, 5) is 3.95. The van der Waals surface area contributed by atoms with Crippen LogP contribution in [-0.4, -0.2) is 32.4 Å². The minimum atomic E-state index is -4.09. The van der Waals surface area contributed by atoms with Crippen molar-refractivity contribution < 1.29 is 31.9 Å². The van der Waals surface area contributed by atoms with Crippen LogP contribution in [0.3, 0.4) is 0 Å². The smallest absolute Gasteiger partial charge is 0.365 e. The number of nitrogen functional groups attached to an aromatic ring is 1. The van der Waals surface area contributed by atoms with Gasteiger partial charge in [0.1, 0.15) is 11.0 Å². The van der Waals surface area contributed by atoms with E-state index in [1.807, 2.05) is 0 Å². The molecule has 144 valence electrons. The van der Waals surface area contributed by atoms with Crippen LogP contribution in [0.15, 0.2) is 12.1 Å². The molecule has 10 heteroatoms. The van der Waals surface area contributed by atoms with Gasteiger partial charge in [-0.05, 0) is 19.9 Å². The number of hydrogen-bond acceptors (Lipinski definition) is 7. The van der Waals surface area contributed by atoms with Gasteiger partial charge in [0.15, 0.2) is 11.5 Å². The molecule has 1 heterocycles. The summed E-state index contributed by atoms with van der Waals surface area (Å²) in [5.74, 6) is 0.629. The van der Waals surface area contributed by atoms with E-state index >= 15 is 0 Å². The topological polar surface area (TPSA) is 92.9 Å². The van der Waals surface area contributed by atoms with Gasteiger partial charge in [-0.15, -0.1) is 0 Å². The maximum absolute atomic E-state index is 13.7. The zero-order valence-electron chi connectivity index (χ0n) is 14.9.